The maximum atomic E-state index is 12.3. The summed E-state index contributed by atoms with van der Waals surface area (Å²) in [6.07, 6.45) is 0. The number of benzene rings is 2. The molecule has 1 amide bonds. The van der Waals surface area contributed by atoms with Crippen molar-refractivity contribution in [1.29, 1.82) is 0 Å². The number of anilines is 3. The van der Waals surface area contributed by atoms with E-state index in [1.807, 2.05) is 44.2 Å². The zero-order valence-corrected chi connectivity index (χ0v) is 13.6. The highest BCUT2D eigenvalue weighted by Crippen LogP contribution is 2.25. The summed E-state index contributed by atoms with van der Waals surface area (Å²) in [4.78, 5) is 12.3. The molecule has 2 aromatic carbocycles. The highest BCUT2D eigenvalue weighted by atomic mass is 79.9. The van der Waals surface area contributed by atoms with Gasteiger partial charge in [0, 0.05) is 21.9 Å². The first-order chi connectivity index (χ1) is 9.95. The highest BCUT2D eigenvalue weighted by Gasteiger charge is 2.13. The molecule has 0 radical (unpaired) electrons. The van der Waals surface area contributed by atoms with Gasteiger partial charge in [0.2, 0.25) is 0 Å². The average Bonchev–Trinajstić information content (AvgIpc) is 2.40. The molecule has 0 aromatic heterocycles. The second-order valence-corrected chi connectivity index (χ2v) is 5.98. The number of carbonyl (C=O) groups excluding carboxylic acids is 1. The van der Waals surface area contributed by atoms with E-state index >= 15 is 0 Å². The third kappa shape index (κ3) is 4.23. The monoisotopic (exact) mass is 347 g/mol. The summed E-state index contributed by atoms with van der Waals surface area (Å²) in [5.41, 5.74) is 8.51. The van der Waals surface area contributed by atoms with Crippen molar-refractivity contribution in [3.05, 3.63) is 52.5 Å². The van der Waals surface area contributed by atoms with Crippen molar-refractivity contribution in [2.45, 2.75) is 19.9 Å². The van der Waals surface area contributed by atoms with E-state index in [1.54, 1.807) is 12.1 Å². The van der Waals surface area contributed by atoms with E-state index in [9.17, 15) is 4.79 Å². The zero-order valence-electron chi connectivity index (χ0n) is 12.0. The summed E-state index contributed by atoms with van der Waals surface area (Å²) in [5, 5.41) is 6.13. The molecule has 0 saturated carbocycles. The molecule has 5 heteroatoms. The van der Waals surface area contributed by atoms with Gasteiger partial charge in [-0.2, -0.15) is 0 Å². The molecule has 0 spiro atoms. The molecule has 0 atom stereocenters. The van der Waals surface area contributed by atoms with E-state index in [2.05, 4.69) is 26.6 Å². The first kappa shape index (κ1) is 15.4. The van der Waals surface area contributed by atoms with Gasteiger partial charge in [-0.25, -0.2) is 0 Å². The Labute approximate surface area is 132 Å². The lowest BCUT2D eigenvalue weighted by atomic mass is 10.1. The lowest BCUT2D eigenvalue weighted by Gasteiger charge is -2.14. The molecule has 0 aliphatic carbocycles. The molecule has 0 heterocycles. The van der Waals surface area contributed by atoms with Crippen LogP contribution in [0.5, 0.6) is 0 Å². The van der Waals surface area contributed by atoms with E-state index in [0.29, 0.717) is 11.3 Å². The fourth-order valence-electron chi connectivity index (χ4n) is 1.92. The molecule has 2 rings (SSSR count). The summed E-state index contributed by atoms with van der Waals surface area (Å²) < 4.78 is 0.969. The summed E-state index contributed by atoms with van der Waals surface area (Å²) in [6, 6.07) is 13.1. The second-order valence-electron chi connectivity index (χ2n) is 5.07. The predicted octanol–water partition coefficient (Wildman–Crippen LogP) is 3.91. The Balaban J connectivity index is 2.32. The van der Waals surface area contributed by atoms with Crippen molar-refractivity contribution in [1.82, 2.24) is 5.32 Å². The van der Waals surface area contributed by atoms with E-state index in [-0.39, 0.29) is 11.9 Å². The van der Waals surface area contributed by atoms with Crippen LogP contribution >= 0.6 is 15.9 Å². The standard InChI is InChI=1S/C16H18BrN3O/c1-10(2)19-16(21)14-9-12(18)6-7-15(14)20-13-5-3-4-11(17)8-13/h3-10,20H,18H2,1-2H3,(H,19,21). The molecule has 0 aliphatic rings. The van der Waals surface area contributed by atoms with Crippen LogP contribution in [0.2, 0.25) is 0 Å². The smallest absolute Gasteiger partial charge is 0.253 e. The summed E-state index contributed by atoms with van der Waals surface area (Å²) in [6.45, 7) is 3.84. The molecule has 0 saturated heterocycles. The maximum Gasteiger partial charge on any atom is 0.253 e. The third-order valence-corrected chi connectivity index (χ3v) is 3.30. The molecule has 4 N–H and O–H groups in total. The van der Waals surface area contributed by atoms with Gasteiger partial charge in [-0.3, -0.25) is 4.79 Å². The van der Waals surface area contributed by atoms with E-state index in [4.69, 9.17) is 5.73 Å². The Morgan fingerprint density at radius 1 is 1.19 bits per heavy atom. The van der Waals surface area contributed by atoms with Crippen LogP contribution in [0.1, 0.15) is 24.2 Å². The Hall–Kier alpha value is -2.01. The van der Waals surface area contributed by atoms with Crippen LogP contribution in [0.15, 0.2) is 46.9 Å². The summed E-state index contributed by atoms with van der Waals surface area (Å²) in [5.74, 6) is -0.144. The molecule has 0 unspecified atom stereocenters. The Morgan fingerprint density at radius 2 is 1.95 bits per heavy atom. The van der Waals surface area contributed by atoms with E-state index < -0.39 is 0 Å². The molecular formula is C16H18BrN3O. The number of nitrogen functional groups attached to an aromatic ring is 1. The normalized spacial score (nSPS) is 10.5. The molecule has 21 heavy (non-hydrogen) atoms. The molecule has 0 bridgehead atoms. The van der Waals surface area contributed by atoms with Crippen LogP contribution in [-0.2, 0) is 0 Å². The Kier molecular flexibility index (Phi) is 4.85. The average molecular weight is 348 g/mol. The fourth-order valence-corrected chi connectivity index (χ4v) is 2.32. The van der Waals surface area contributed by atoms with Gasteiger partial charge in [-0.1, -0.05) is 22.0 Å². The predicted molar refractivity (Wildman–Crippen MR) is 90.9 cm³/mol. The minimum Gasteiger partial charge on any atom is -0.399 e. The first-order valence-electron chi connectivity index (χ1n) is 6.68. The van der Waals surface area contributed by atoms with E-state index in [1.165, 1.54) is 0 Å². The molecule has 0 aliphatic heterocycles. The molecular weight excluding hydrogens is 330 g/mol. The van der Waals surface area contributed by atoms with Gasteiger partial charge in [0.15, 0.2) is 0 Å². The van der Waals surface area contributed by atoms with Crippen molar-refractivity contribution < 1.29 is 4.79 Å². The number of hydrogen-bond donors (Lipinski definition) is 3. The number of nitrogens with one attached hydrogen (secondary N) is 2. The number of amides is 1. The lowest BCUT2D eigenvalue weighted by molar-refractivity contribution is 0.0944. The van der Waals surface area contributed by atoms with Crippen LogP contribution in [0, 0.1) is 0 Å². The number of nitrogens with two attached hydrogens (primary N) is 1. The van der Waals surface area contributed by atoms with E-state index in [0.717, 1.165) is 15.8 Å². The Bertz CT molecular complexity index is 656. The summed E-state index contributed by atoms with van der Waals surface area (Å²) >= 11 is 3.43. The van der Waals surface area contributed by atoms with Gasteiger partial charge < -0.3 is 16.4 Å². The second kappa shape index (κ2) is 6.63. The first-order valence-corrected chi connectivity index (χ1v) is 7.48. The van der Waals surface area contributed by atoms with Crippen molar-refractivity contribution in [3.63, 3.8) is 0 Å². The fraction of sp³-hybridized carbons (Fsp3) is 0.188. The SMILES string of the molecule is CC(C)NC(=O)c1cc(N)ccc1Nc1cccc(Br)c1. The molecule has 0 fully saturated rings. The van der Waals surface area contributed by atoms with Crippen LogP contribution < -0.4 is 16.4 Å². The van der Waals surface area contributed by atoms with Crippen LogP contribution in [0.25, 0.3) is 0 Å². The van der Waals surface area contributed by atoms with Gasteiger partial charge in [0.25, 0.3) is 5.91 Å². The summed E-state index contributed by atoms with van der Waals surface area (Å²) in [7, 11) is 0. The van der Waals surface area contributed by atoms with Crippen molar-refractivity contribution in [2.75, 3.05) is 11.1 Å². The third-order valence-electron chi connectivity index (χ3n) is 2.81. The number of carbonyl (C=O) groups is 1. The van der Waals surface area contributed by atoms with Gasteiger partial charge in [0.05, 0.1) is 11.3 Å². The minimum absolute atomic E-state index is 0.0673. The number of rotatable bonds is 4. The van der Waals surface area contributed by atoms with Crippen molar-refractivity contribution in [2.24, 2.45) is 0 Å². The maximum absolute atomic E-state index is 12.3. The van der Waals surface area contributed by atoms with Gasteiger partial charge in [0.1, 0.15) is 0 Å². The minimum atomic E-state index is -0.144. The largest absolute Gasteiger partial charge is 0.399 e. The van der Waals surface area contributed by atoms with Crippen LogP contribution in [0.3, 0.4) is 0 Å². The molecule has 110 valence electrons. The lowest BCUT2D eigenvalue weighted by Crippen LogP contribution is -2.30. The van der Waals surface area contributed by atoms with Crippen LogP contribution in [0.4, 0.5) is 17.1 Å². The molecule has 2 aromatic rings. The van der Waals surface area contributed by atoms with Gasteiger partial charge >= 0.3 is 0 Å². The quantitative estimate of drug-likeness (QED) is 0.734. The van der Waals surface area contributed by atoms with Crippen molar-refractivity contribution in [3.8, 4) is 0 Å². The number of hydrogen-bond acceptors (Lipinski definition) is 3. The zero-order chi connectivity index (χ0) is 15.4. The van der Waals surface area contributed by atoms with Crippen LogP contribution in [-0.4, -0.2) is 11.9 Å². The Morgan fingerprint density at radius 3 is 2.62 bits per heavy atom. The van der Waals surface area contributed by atoms with Crippen molar-refractivity contribution >= 4 is 38.9 Å². The topological polar surface area (TPSA) is 67.2 Å². The molecule has 4 nitrogen and oxygen atoms in total. The van der Waals surface area contributed by atoms with Gasteiger partial charge in [-0.15, -0.1) is 0 Å². The number of halogens is 1. The highest BCUT2D eigenvalue weighted by molar-refractivity contribution is 9.10. The van der Waals surface area contributed by atoms with Gasteiger partial charge in [-0.05, 0) is 50.2 Å².